The van der Waals surface area contributed by atoms with E-state index < -0.39 is 22.1 Å². The highest BCUT2D eigenvalue weighted by Crippen LogP contribution is 2.24. The number of carbonyl (C=O) groups is 1. The Hall–Kier alpha value is -1.73. The molecule has 0 radical (unpaired) electrons. The molecule has 1 heterocycles. The number of aliphatic hydroxyl groups excluding tert-OH is 1. The average Bonchev–Trinajstić information content (AvgIpc) is 2.36. The number of nitro groups is 1. The SMILES string of the molecule is CN(C(=O)c1cc(Cl)ncc1[N+](=O)[O-])C(C)(C)CO. The average molecular weight is 288 g/mol. The summed E-state index contributed by atoms with van der Waals surface area (Å²) < 4.78 is 0. The number of likely N-dealkylation sites (N-methyl/N-ethyl adjacent to an activating group) is 1. The van der Waals surface area contributed by atoms with Gasteiger partial charge in [-0.3, -0.25) is 14.9 Å². The van der Waals surface area contributed by atoms with E-state index in [4.69, 9.17) is 11.6 Å². The minimum absolute atomic E-state index is 0.0100. The predicted molar refractivity (Wildman–Crippen MR) is 69.2 cm³/mol. The third kappa shape index (κ3) is 3.18. The molecular formula is C11H14ClN3O4. The maximum Gasteiger partial charge on any atom is 0.300 e. The van der Waals surface area contributed by atoms with Crippen LogP contribution in [0.2, 0.25) is 5.15 Å². The van der Waals surface area contributed by atoms with E-state index in [1.165, 1.54) is 11.9 Å². The van der Waals surface area contributed by atoms with Crippen LogP contribution < -0.4 is 0 Å². The number of nitrogens with zero attached hydrogens (tertiary/aromatic N) is 3. The standard InChI is InChI=1S/C11H14ClN3O4/c1-11(2,6-16)14(3)10(17)7-4-9(12)13-5-8(7)15(18)19/h4-5,16H,6H2,1-3H3. The molecule has 7 nitrogen and oxygen atoms in total. The lowest BCUT2D eigenvalue weighted by molar-refractivity contribution is -0.385. The summed E-state index contributed by atoms with van der Waals surface area (Å²) in [5.41, 5.74) is -1.43. The molecule has 1 aromatic rings. The fourth-order valence-electron chi connectivity index (χ4n) is 1.30. The Morgan fingerprint density at radius 1 is 1.63 bits per heavy atom. The number of hydrogen-bond donors (Lipinski definition) is 1. The summed E-state index contributed by atoms with van der Waals surface area (Å²) in [6.45, 7) is 3.00. The van der Waals surface area contributed by atoms with Crippen LogP contribution in [-0.4, -0.2) is 45.0 Å². The van der Waals surface area contributed by atoms with Crippen LogP contribution in [0.4, 0.5) is 5.69 Å². The molecule has 1 amide bonds. The van der Waals surface area contributed by atoms with E-state index in [1.807, 2.05) is 0 Å². The summed E-state index contributed by atoms with van der Waals surface area (Å²) in [6, 6.07) is 1.14. The molecule has 0 aliphatic heterocycles. The van der Waals surface area contributed by atoms with Crippen molar-refractivity contribution in [3.8, 4) is 0 Å². The zero-order chi connectivity index (χ0) is 14.8. The first-order valence-corrected chi connectivity index (χ1v) is 5.77. The molecule has 0 aliphatic carbocycles. The van der Waals surface area contributed by atoms with Crippen LogP contribution in [0, 0.1) is 10.1 Å². The Labute approximate surface area is 115 Å². The third-order valence-corrected chi connectivity index (χ3v) is 3.08. The van der Waals surface area contributed by atoms with Crippen molar-refractivity contribution >= 4 is 23.2 Å². The smallest absolute Gasteiger partial charge is 0.300 e. The Kier molecular flexibility index (Phi) is 4.43. The quantitative estimate of drug-likeness (QED) is 0.514. The summed E-state index contributed by atoms with van der Waals surface area (Å²) >= 11 is 5.66. The van der Waals surface area contributed by atoms with Crippen LogP contribution in [-0.2, 0) is 0 Å². The van der Waals surface area contributed by atoms with Gasteiger partial charge in [0.15, 0.2) is 0 Å². The zero-order valence-electron chi connectivity index (χ0n) is 10.8. The van der Waals surface area contributed by atoms with Gasteiger partial charge < -0.3 is 10.0 Å². The van der Waals surface area contributed by atoms with Gasteiger partial charge in [0.2, 0.25) is 0 Å². The van der Waals surface area contributed by atoms with Crippen molar-refractivity contribution in [3.63, 3.8) is 0 Å². The monoisotopic (exact) mass is 287 g/mol. The van der Waals surface area contributed by atoms with E-state index in [0.29, 0.717) is 0 Å². The van der Waals surface area contributed by atoms with Gasteiger partial charge in [-0.05, 0) is 19.9 Å². The van der Waals surface area contributed by atoms with Crippen molar-refractivity contribution in [1.82, 2.24) is 9.88 Å². The van der Waals surface area contributed by atoms with Crippen molar-refractivity contribution in [2.45, 2.75) is 19.4 Å². The molecule has 104 valence electrons. The molecule has 0 aliphatic rings. The van der Waals surface area contributed by atoms with Crippen molar-refractivity contribution in [2.24, 2.45) is 0 Å². The van der Waals surface area contributed by atoms with Gasteiger partial charge in [0, 0.05) is 7.05 Å². The van der Waals surface area contributed by atoms with Crippen LogP contribution in [0.1, 0.15) is 24.2 Å². The number of aromatic nitrogens is 1. The maximum atomic E-state index is 12.3. The van der Waals surface area contributed by atoms with Crippen molar-refractivity contribution in [2.75, 3.05) is 13.7 Å². The largest absolute Gasteiger partial charge is 0.394 e. The molecule has 8 heteroatoms. The van der Waals surface area contributed by atoms with Crippen LogP contribution in [0.15, 0.2) is 12.3 Å². The minimum Gasteiger partial charge on any atom is -0.394 e. The fraction of sp³-hybridized carbons (Fsp3) is 0.455. The molecule has 0 saturated carbocycles. The second kappa shape index (κ2) is 5.50. The number of rotatable bonds is 4. The number of halogens is 1. The lowest BCUT2D eigenvalue weighted by atomic mass is 10.0. The first kappa shape index (κ1) is 15.3. The zero-order valence-corrected chi connectivity index (χ0v) is 11.5. The molecule has 1 N–H and O–H groups in total. The normalized spacial score (nSPS) is 11.2. The minimum atomic E-state index is -0.847. The summed E-state index contributed by atoms with van der Waals surface area (Å²) in [5.74, 6) is -0.602. The van der Waals surface area contributed by atoms with E-state index in [-0.39, 0.29) is 17.3 Å². The van der Waals surface area contributed by atoms with E-state index in [1.54, 1.807) is 13.8 Å². The predicted octanol–water partition coefficient (Wildman–Crippen LogP) is 1.49. The number of amides is 1. The molecule has 0 spiro atoms. The number of aliphatic hydroxyl groups is 1. The second-order valence-electron chi connectivity index (χ2n) is 4.62. The highest BCUT2D eigenvalue weighted by Gasteiger charge is 2.31. The van der Waals surface area contributed by atoms with E-state index in [0.717, 1.165) is 12.3 Å². The van der Waals surface area contributed by atoms with E-state index in [9.17, 15) is 20.0 Å². The Morgan fingerprint density at radius 2 is 2.21 bits per heavy atom. The molecule has 0 saturated heterocycles. The van der Waals surface area contributed by atoms with Crippen LogP contribution in [0.25, 0.3) is 0 Å². The van der Waals surface area contributed by atoms with Crippen molar-refractivity contribution in [1.29, 1.82) is 0 Å². The first-order valence-electron chi connectivity index (χ1n) is 5.39. The number of pyridine rings is 1. The molecule has 0 unspecified atom stereocenters. The number of hydrogen-bond acceptors (Lipinski definition) is 5. The Morgan fingerprint density at radius 3 is 2.68 bits per heavy atom. The molecule has 1 rings (SSSR count). The van der Waals surface area contributed by atoms with Gasteiger partial charge in [0.25, 0.3) is 11.6 Å². The molecular weight excluding hydrogens is 274 g/mol. The summed E-state index contributed by atoms with van der Waals surface area (Å²) in [6.07, 6.45) is 0.940. The van der Waals surface area contributed by atoms with E-state index >= 15 is 0 Å². The Balaban J connectivity index is 3.26. The fourth-order valence-corrected chi connectivity index (χ4v) is 1.46. The maximum absolute atomic E-state index is 12.3. The first-order chi connectivity index (χ1) is 8.70. The van der Waals surface area contributed by atoms with Gasteiger partial charge >= 0.3 is 0 Å². The van der Waals surface area contributed by atoms with Gasteiger partial charge in [-0.25, -0.2) is 4.98 Å². The van der Waals surface area contributed by atoms with Gasteiger partial charge in [0.1, 0.15) is 16.9 Å². The van der Waals surface area contributed by atoms with Crippen molar-refractivity contribution < 1.29 is 14.8 Å². The van der Waals surface area contributed by atoms with Crippen LogP contribution >= 0.6 is 11.6 Å². The summed E-state index contributed by atoms with van der Waals surface area (Å²) in [5, 5.41) is 20.1. The van der Waals surface area contributed by atoms with E-state index in [2.05, 4.69) is 4.98 Å². The summed E-state index contributed by atoms with van der Waals surface area (Å²) in [7, 11) is 1.45. The summed E-state index contributed by atoms with van der Waals surface area (Å²) in [4.78, 5) is 27.3. The third-order valence-electron chi connectivity index (χ3n) is 2.88. The molecule has 0 aromatic carbocycles. The second-order valence-corrected chi connectivity index (χ2v) is 5.00. The topological polar surface area (TPSA) is 96.6 Å². The van der Waals surface area contributed by atoms with Gasteiger partial charge in [-0.15, -0.1) is 0 Å². The lowest BCUT2D eigenvalue weighted by Gasteiger charge is -2.33. The highest BCUT2D eigenvalue weighted by atomic mass is 35.5. The Bertz CT molecular complexity index is 519. The van der Waals surface area contributed by atoms with Gasteiger partial charge in [-0.1, -0.05) is 11.6 Å². The highest BCUT2D eigenvalue weighted by molar-refractivity contribution is 6.29. The van der Waals surface area contributed by atoms with Gasteiger partial charge in [-0.2, -0.15) is 0 Å². The van der Waals surface area contributed by atoms with Crippen molar-refractivity contribution in [3.05, 3.63) is 33.1 Å². The molecule has 19 heavy (non-hydrogen) atoms. The number of carbonyl (C=O) groups excluding carboxylic acids is 1. The molecule has 1 aromatic heterocycles. The molecule has 0 atom stereocenters. The van der Waals surface area contributed by atoms with Gasteiger partial charge in [0.05, 0.1) is 17.1 Å². The molecule has 0 bridgehead atoms. The molecule has 0 fully saturated rings. The van der Waals surface area contributed by atoms with Crippen LogP contribution in [0.5, 0.6) is 0 Å². The lowest BCUT2D eigenvalue weighted by Crippen LogP contribution is -2.47. The van der Waals surface area contributed by atoms with Crippen LogP contribution in [0.3, 0.4) is 0 Å².